The molecule has 1 aliphatic rings. The maximum atomic E-state index is 12.1. The molecule has 0 aliphatic carbocycles. The predicted octanol–water partition coefficient (Wildman–Crippen LogP) is 2.15. The van der Waals surface area contributed by atoms with E-state index in [9.17, 15) is 18.0 Å². The highest BCUT2D eigenvalue weighted by Gasteiger charge is 2.61. The van der Waals surface area contributed by atoms with Crippen molar-refractivity contribution in [3.8, 4) is 0 Å². The van der Waals surface area contributed by atoms with E-state index in [1.165, 1.54) is 13.8 Å². The summed E-state index contributed by atoms with van der Waals surface area (Å²) < 4.78 is 23.1. The second kappa shape index (κ2) is 4.34. The Labute approximate surface area is 124 Å². The van der Waals surface area contributed by atoms with Crippen LogP contribution in [0, 0.1) is 0 Å². The molecular weight excluding hydrogens is 329 g/mol. The van der Waals surface area contributed by atoms with Crippen molar-refractivity contribution in [2.75, 3.05) is 4.31 Å². The maximum Gasteiger partial charge on any atom is 0.335 e. The monoisotopic (exact) mass is 337 g/mol. The molecule has 0 spiro atoms. The Hall–Kier alpha value is -1.31. The number of nitrogens with zero attached hydrogens (tertiary/aromatic N) is 1. The summed E-state index contributed by atoms with van der Waals surface area (Å²) in [5.41, 5.74) is -0.420. The largest absolute Gasteiger partial charge is 0.478 e. The molecule has 1 saturated heterocycles. The molecule has 108 valence electrons. The van der Waals surface area contributed by atoms with E-state index in [4.69, 9.17) is 28.3 Å². The summed E-state index contributed by atoms with van der Waals surface area (Å²) in [5, 5.41) is 8.42. The molecule has 1 amide bonds. The van der Waals surface area contributed by atoms with Gasteiger partial charge in [0, 0.05) is 0 Å². The molecule has 0 unspecified atom stereocenters. The van der Waals surface area contributed by atoms with Crippen LogP contribution >= 0.6 is 23.2 Å². The number of carboxylic acids is 1. The number of hydrogen-bond donors (Lipinski definition) is 1. The molecule has 20 heavy (non-hydrogen) atoms. The molecule has 1 aromatic carbocycles. The van der Waals surface area contributed by atoms with E-state index < -0.39 is 26.6 Å². The average Bonchev–Trinajstić information content (AvgIpc) is 2.31. The number of halogens is 2. The number of rotatable bonds is 2. The number of amides is 1. The Balaban J connectivity index is 2.62. The molecule has 2 rings (SSSR count). The lowest BCUT2D eigenvalue weighted by molar-refractivity contribution is -0.120. The van der Waals surface area contributed by atoms with Gasteiger partial charge < -0.3 is 5.11 Å². The van der Waals surface area contributed by atoms with Crippen LogP contribution in [0.1, 0.15) is 24.2 Å². The first-order valence-corrected chi connectivity index (χ1v) is 7.53. The summed E-state index contributed by atoms with van der Waals surface area (Å²) in [6, 6.07) is 2.08. The highest BCUT2D eigenvalue weighted by Crippen LogP contribution is 2.45. The molecule has 1 aliphatic heterocycles. The molecule has 9 heteroatoms. The number of carboxylic acid groups (broad SMARTS) is 1. The van der Waals surface area contributed by atoms with Gasteiger partial charge in [0.2, 0.25) is 0 Å². The maximum absolute atomic E-state index is 12.1. The highest BCUT2D eigenvalue weighted by atomic mass is 35.5. The van der Waals surface area contributed by atoms with Crippen molar-refractivity contribution in [3.63, 3.8) is 0 Å². The van der Waals surface area contributed by atoms with Crippen LogP contribution in [-0.4, -0.2) is 30.1 Å². The van der Waals surface area contributed by atoms with Crippen LogP contribution in [0.3, 0.4) is 0 Å². The fraction of sp³-hybridized carbons (Fsp3) is 0.273. The lowest BCUT2D eigenvalue weighted by atomic mass is 10.1. The Morgan fingerprint density at radius 3 is 2.05 bits per heavy atom. The van der Waals surface area contributed by atoms with E-state index in [2.05, 4.69) is 0 Å². The number of hydrogen-bond acceptors (Lipinski definition) is 4. The molecule has 0 aromatic heterocycles. The Morgan fingerprint density at radius 2 is 1.70 bits per heavy atom. The Bertz CT molecular complexity index is 718. The van der Waals surface area contributed by atoms with Gasteiger partial charge in [-0.1, -0.05) is 23.2 Å². The van der Waals surface area contributed by atoms with E-state index in [1.807, 2.05) is 0 Å². The zero-order valence-corrected chi connectivity index (χ0v) is 12.7. The molecule has 1 heterocycles. The molecule has 0 bridgehead atoms. The van der Waals surface area contributed by atoms with Gasteiger partial charge in [0.15, 0.2) is 4.75 Å². The summed E-state index contributed by atoms with van der Waals surface area (Å²) in [6.45, 7) is 2.54. The van der Waals surface area contributed by atoms with Crippen molar-refractivity contribution in [1.82, 2.24) is 0 Å². The molecular formula is C11H9Cl2NO5S. The fourth-order valence-electron chi connectivity index (χ4n) is 1.76. The first kappa shape index (κ1) is 15.1. The molecule has 1 N–H and O–H groups in total. The van der Waals surface area contributed by atoms with Gasteiger partial charge in [-0.3, -0.25) is 4.79 Å². The third-order valence-electron chi connectivity index (χ3n) is 3.05. The van der Waals surface area contributed by atoms with Crippen molar-refractivity contribution in [1.29, 1.82) is 0 Å². The average molecular weight is 338 g/mol. The number of carbonyl (C=O) groups excluding carboxylic acids is 1. The van der Waals surface area contributed by atoms with Crippen LogP contribution in [0.2, 0.25) is 10.0 Å². The zero-order valence-electron chi connectivity index (χ0n) is 10.3. The summed E-state index contributed by atoms with van der Waals surface area (Å²) in [6.07, 6.45) is 0. The van der Waals surface area contributed by atoms with Crippen LogP contribution in [0.25, 0.3) is 0 Å². The van der Waals surface area contributed by atoms with Crippen LogP contribution < -0.4 is 4.31 Å². The third-order valence-corrected chi connectivity index (χ3v) is 5.92. The molecule has 0 radical (unpaired) electrons. The molecule has 0 saturated carbocycles. The number of aromatic carboxylic acids is 1. The van der Waals surface area contributed by atoms with E-state index in [-0.39, 0.29) is 21.3 Å². The predicted molar refractivity (Wildman–Crippen MR) is 73.9 cm³/mol. The fourth-order valence-corrected chi connectivity index (χ4v) is 4.03. The molecule has 1 aromatic rings. The summed E-state index contributed by atoms with van der Waals surface area (Å²) in [7, 11) is -3.91. The van der Waals surface area contributed by atoms with Crippen molar-refractivity contribution >= 4 is 50.8 Å². The second-order valence-corrected chi connectivity index (χ2v) is 7.83. The highest BCUT2D eigenvalue weighted by molar-refractivity contribution is 7.98. The minimum atomic E-state index is -3.91. The lowest BCUT2D eigenvalue weighted by Crippen LogP contribution is -2.67. The van der Waals surface area contributed by atoms with Gasteiger partial charge in [-0.15, -0.1) is 0 Å². The van der Waals surface area contributed by atoms with Gasteiger partial charge in [-0.05, 0) is 26.0 Å². The summed E-state index contributed by atoms with van der Waals surface area (Å²) in [4.78, 5) is 22.8. The minimum Gasteiger partial charge on any atom is -0.478 e. The quantitative estimate of drug-likeness (QED) is 0.892. The van der Waals surface area contributed by atoms with E-state index >= 15 is 0 Å². The van der Waals surface area contributed by atoms with Crippen LogP contribution in [0.4, 0.5) is 5.69 Å². The molecule has 1 fully saturated rings. The number of carbonyl (C=O) groups is 2. The SMILES string of the molecule is CC1(C)C(=O)N(c2c(Cl)cc(C(=O)O)cc2Cl)S1(=O)=O. The first-order valence-electron chi connectivity index (χ1n) is 5.33. The van der Waals surface area contributed by atoms with Crippen molar-refractivity contribution in [2.24, 2.45) is 0 Å². The summed E-state index contributed by atoms with van der Waals surface area (Å²) >= 11 is 11.7. The normalized spacial score (nSPS) is 19.6. The topological polar surface area (TPSA) is 91.8 Å². The van der Waals surface area contributed by atoms with E-state index in [1.54, 1.807) is 0 Å². The summed E-state index contributed by atoms with van der Waals surface area (Å²) in [5.74, 6) is -1.94. The smallest absolute Gasteiger partial charge is 0.335 e. The molecule has 0 atom stereocenters. The zero-order chi connectivity index (χ0) is 15.5. The van der Waals surface area contributed by atoms with E-state index in [0.29, 0.717) is 4.31 Å². The minimum absolute atomic E-state index is 0.201. The van der Waals surface area contributed by atoms with Gasteiger partial charge in [-0.2, -0.15) is 0 Å². The second-order valence-electron chi connectivity index (χ2n) is 4.68. The number of anilines is 1. The van der Waals surface area contributed by atoms with Gasteiger partial charge in [0.1, 0.15) is 0 Å². The lowest BCUT2D eigenvalue weighted by Gasteiger charge is -2.43. The first-order chi connectivity index (χ1) is 9.01. The van der Waals surface area contributed by atoms with Gasteiger partial charge in [-0.25, -0.2) is 17.5 Å². The van der Waals surface area contributed by atoms with Gasteiger partial charge >= 0.3 is 5.97 Å². The van der Waals surface area contributed by atoms with Gasteiger partial charge in [0.25, 0.3) is 15.9 Å². The van der Waals surface area contributed by atoms with Crippen LogP contribution in [0.5, 0.6) is 0 Å². The molecule has 6 nitrogen and oxygen atoms in total. The third kappa shape index (κ3) is 1.81. The van der Waals surface area contributed by atoms with Crippen LogP contribution in [-0.2, 0) is 14.8 Å². The van der Waals surface area contributed by atoms with Crippen molar-refractivity contribution in [3.05, 3.63) is 27.7 Å². The Morgan fingerprint density at radius 1 is 1.25 bits per heavy atom. The number of sulfonamides is 1. The van der Waals surface area contributed by atoms with Crippen molar-refractivity contribution < 1.29 is 23.1 Å². The Kier molecular flexibility index (Phi) is 3.27. The number of benzene rings is 1. The van der Waals surface area contributed by atoms with Crippen LogP contribution in [0.15, 0.2) is 12.1 Å². The van der Waals surface area contributed by atoms with Gasteiger partial charge in [0.05, 0.1) is 21.3 Å². The standard InChI is InChI=1S/C11H9Cl2NO5S/c1-11(2)10(17)14(20(11,18)19)8-6(12)3-5(9(15)16)4-7(8)13/h3-4H,1-2H3,(H,15,16). The van der Waals surface area contributed by atoms with E-state index in [0.717, 1.165) is 12.1 Å². The van der Waals surface area contributed by atoms with Crippen molar-refractivity contribution in [2.45, 2.75) is 18.6 Å².